The molecule has 1 aromatic carbocycles. The lowest BCUT2D eigenvalue weighted by atomic mass is 10.1. The molecule has 0 atom stereocenters. The SMILES string of the molecule is CCCc1cc(CC)nc(NN=C(C)c2cccc(CC)c2)n1. The molecule has 0 saturated heterocycles. The van der Waals surface area contributed by atoms with Gasteiger partial charge in [-0.25, -0.2) is 15.4 Å². The molecule has 0 spiro atoms. The van der Waals surface area contributed by atoms with Crippen LogP contribution in [0, 0.1) is 0 Å². The van der Waals surface area contributed by atoms with Crippen LogP contribution in [0.1, 0.15) is 56.6 Å². The van der Waals surface area contributed by atoms with Crippen LogP contribution < -0.4 is 5.43 Å². The van der Waals surface area contributed by atoms with Crippen molar-refractivity contribution in [2.45, 2.75) is 53.4 Å². The van der Waals surface area contributed by atoms with E-state index in [0.29, 0.717) is 5.95 Å². The summed E-state index contributed by atoms with van der Waals surface area (Å²) in [6, 6.07) is 10.5. The van der Waals surface area contributed by atoms with Crippen molar-refractivity contribution in [1.29, 1.82) is 0 Å². The monoisotopic (exact) mass is 310 g/mol. The first kappa shape index (κ1) is 17.1. The topological polar surface area (TPSA) is 50.2 Å². The van der Waals surface area contributed by atoms with Crippen LogP contribution >= 0.6 is 0 Å². The lowest BCUT2D eigenvalue weighted by Gasteiger charge is -2.07. The summed E-state index contributed by atoms with van der Waals surface area (Å²) in [7, 11) is 0. The van der Waals surface area contributed by atoms with Crippen LogP contribution in [0.25, 0.3) is 0 Å². The predicted octanol–water partition coefficient (Wildman–Crippen LogP) is 4.39. The summed E-state index contributed by atoms with van der Waals surface area (Å²) in [6.45, 7) is 8.41. The molecule has 1 heterocycles. The highest BCUT2D eigenvalue weighted by molar-refractivity contribution is 5.99. The summed E-state index contributed by atoms with van der Waals surface area (Å²) in [4.78, 5) is 9.05. The summed E-state index contributed by atoms with van der Waals surface area (Å²) >= 11 is 0. The molecule has 1 aromatic heterocycles. The van der Waals surface area contributed by atoms with Gasteiger partial charge in [-0.15, -0.1) is 0 Å². The van der Waals surface area contributed by atoms with Crippen LogP contribution in [0.2, 0.25) is 0 Å². The van der Waals surface area contributed by atoms with Gasteiger partial charge in [-0.2, -0.15) is 5.10 Å². The second kappa shape index (κ2) is 8.42. The van der Waals surface area contributed by atoms with E-state index in [1.807, 2.05) is 6.92 Å². The molecule has 0 saturated carbocycles. The summed E-state index contributed by atoms with van der Waals surface area (Å²) in [6.07, 6.45) is 3.96. The minimum Gasteiger partial charge on any atom is -0.245 e. The largest absolute Gasteiger partial charge is 0.245 e. The van der Waals surface area contributed by atoms with Gasteiger partial charge in [0.05, 0.1) is 5.71 Å². The van der Waals surface area contributed by atoms with Gasteiger partial charge in [-0.05, 0) is 49.4 Å². The fourth-order valence-corrected chi connectivity index (χ4v) is 2.38. The maximum Gasteiger partial charge on any atom is 0.243 e. The molecule has 0 amide bonds. The Hall–Kier alpha value is -2.23. The van der Waals surface area contributed by atoms with Gasteiger partial charge in [-0.3, -0.25) is 0 Å². The standard InChI is InChI=1S/C19H26N4/c1-5-9-18-13-17(7-3)20-19(21-18)23-22-14(4)16-11-8-10-15(6-2)12-16/h8,10-13H,5-7,9H2,1-4H3,(H,20,21,23). The van der Waals surface area contributed by atoms with Crippen molar-refractivity contribution < 1.29 is 0 Å². The molecule has 1 N–H and O–H groups in total. The molecule has 2 aromatic rings. The van der Waals surface area contributed by atoms with E-state index >= 15 is 0 Å². The normalized spacial score (nSPS) is 11.6. The number of nitrogens with zero attached hydrogens (tertiary/aromatic N) is 3. The van der Waals surface area contributed by atoms with E-state index in [1.54, 1.807) is 0 Å². The number of hydrogen-bond donors (Lipinski definition) is 1. The van der Waals surface area contributed by atoms with Gasteiger partial charge in [-0.1, -0.05) is 45.4 Å². The molecular weight excluding hydrogens is 284 g/mol. The molecule has 2 rings (SSSR count). The number of anilines is 1. The molecule has 0 aliphatic rings. The smallest absolute Gasteiger partial charge is 0.243 e. The number of nitrogens with one attached hydrogen (secondary N) is 1. The Morgan fingerprint density at radius 2 is 1.83 bits per heavy atom. The summed E-state index contributed by atoms with van der Waals surface area (Å²) in [5.41, 5.74) is 8.51. The number of hydrazone groups is 1. The minimum atomic E-state index is 0.582. The molecule has 23 heavy (non-hydrogen) atoms. The maximum absolute atomic E-state index is 4.54. The Balaban J connectivity index is 2.19. The number of aryl methyl sites for hydroxylation is 3. The molecule has 0 unspecified atom stereocenters. The Labute approximate surface area is 139 Å². The summed E-state index contributed by atoms with van der Waals surface area (Å²) in [5.74, 6) is 0.582. The second-order valence-electron chi connectivity index (χ2n) is 5.64. The number of rotatable bonds is 7. The van der Waals surface area contributed by atoms with Gasteiger partial charge < -0.3 is 0 Å². The van der Waals surface area contributed by atoms with E-state index < -0.39 is 0 Å². The first-order valence-electron chi connectivity index (χ1n) is 8.42. The minimum absolute atomic E-state index is 0.582. The third-order valence-corrected chi connectivity index (χ3v) is 3.78. The van der Waals surface area contributed by atoms with E-state index in [1.165, 1.54) is 5.56 Å². The molecular formula is C19H26N4. The fraction of sp³-hybridized carbons (Fsp3) is 0.421. The van der Waals surface area contributed by atoms with Gasteiger partial charge in [0.25, 0.3) is 0 Å². The number of aromatic nitrogens is 2. The molecule has 122 valence electrons. The van der Waals surface area contributed by atoms with Crippen LogP contribution in [0.5, 0.6) is 0 Å². The molecule has 0 radical (unpaired) electrons. The Morgan fingerprint density at radius 3 is 2.52 bits per heavy atom. The van der Waals surface area contributed by atoms with Crippen molar-refractivity contribution in [3.8, 4) is 0 Å². The zero-order valence-electron chi connectivity index (χ0n) is 14.6. The van der Waals surface area contributed by atoms with Crippen molar-refractivity contribution in [3.63, 3.8) is 0 Å². The zero-order chi connectivity index (χ0) is 16.7. The third-order valence-electron chi connectivity index (χ3n) is 3.78. The van der Waals surface area contributed by atoms with Gasteiger partial charge in [0, 0.05) is 11.4 Å². The van der Waals surface area contributed by atoms with Crippen LogP contribution in [0.4, 0.5) is 5.95 Å². The van der Waals surface area contributed by atoms with Crippen molar-refractivity contribution in [1.82, 2.24) is 9.97 Å². The number of benzene rings is 1. The van der Waals surface area contributed by atoms with E-state index in [4.69, 9.17) is 0 Å². The lowest BCUT2D eigenvalue weighted by Crippen LogP contribution is -2.06. The van der Waals surface area contributed by atoms with Crippen LogP contribution in [0.15, 0.2) is 35.4 Å². The highest BCUT2D eigenvalue weighted by atomic mass is 15.4. The molecule has 4 heteroatoms. The first-order chi connectivity index (χ1) is 11.2. The highest BCUT2D eigenvalue weighted by Gasteiger charge is 2.04. The average molecular weight is 310 g/mol. The van der Waals surface area contributed by atoms with Crippen molar-refractivity contribution in [3.05, 3.63) is 52.8 Å². The Morgan fingerprint density at radius 1 is 1.04 bits per heavy atom. The molecule has 4 nitrogen and oxygen atoms in total. The fourth-order valence-electron chi connectivity index (χ4n) is 2.38. The van der Waals surface area contributed by atoms with E-state index in [9.17, 15) is 0 Å². The van der Waals surface area contributed by atoms with Crippen LogP contribution in [-0.2, 0) is 19.3 Å². The summed E-state index contributed by atoms with van der Waals surface area (Å²) < 4.78 is 0. The van der Waals surface area contributed by atoms with Gasteiger partial charge in [0.1, 0.15) is 0 Å². The highest BCUT2D eigenvalue weighted by Crippen LogP contribution is 2.10. The predicted molar refractivity (Wildman–Crippen MR) is 97.1 cm³/mol. The zero-order valence-corrected chi connectivity index (χ0v) is 14.6. The second-order valence-corrected chi connectivity index (χ2v) is 5.64. The molecule has 0 bridgehead atoms. The lowest BCUT2D eigenvalue weighted by molar-refractivity contribution is 0.856. The van der Waals surface area contributed by atoms with Gasteiger partial charge in [0.2, 0.25) is 5.95 Å². The van der Waals surface area contributed by atoms with E-state index in [0.717, 1.165) is 48.3 Å². The van der Waals surface area contributed by atoms with Crippen molar-refractivity contribution in [2.75, 3.05) is 5.43 Å². The summed E-state index contributed by atoms with van der Waals surface area (Å²) in [5, 5.41) is 4.46. The Kier molecular flexibility index (Phi) is 6.27. The first-order valence-corrected chi connectivity index (χ1v) is 8.42. The van der Waals surface area contributed by atoms with Crippen LogP contribution in [0.3, 0.4) is 0 Å². The molecule has 0 aliphatic carbocycles. The Bertz CT molecular complexity index is 677. The van der Waals surface area contributed by atoms with Gasteiger partial charge in [0.15, 0.2) is 0 Å². The third kappa shape index (κ3) is 4.88. The van der Waals surface area contributed by atoms with E-state index in [2.05, 4.69) is 71.6 Å². The maximum atomic E-state index is 4.54. The van der Waals surface area contributed by atoms with Gasteiger partial charge >= 0.3 is 0 Å². The molecule has 0 aliphatic heterocycles. The van der Waals surface area contributed by atoms with Crippen LogP contribution in [-0.4, -0.2) is 15.7 Å². The average Bonchev–Trinajstić information content (AvgIpc) is 2.59. The molecule has 0 fully saturated rings. The van der Waals surface area contributed by atoms with Crippen molar-refractivity contribution >= 4 is 11.7 Å². The number of hydrogen-bond acceptors (Lipinski definition) is 4. The van der Waals surface area contributed by atoms with Crippen molar-refractivity contribution in [2.24, 2.45) is 5.10 Å². The quantitative estimate of drug-likeness (QED) is 0.609. The van der Waals surface area contributed by atoms with E-state index in [-0.39, 0.29) is 0 Å².